The first kappa shape index (κ1) is 17.7. The van der Waals surface area contributed by atoms with Gasteiger partial charge in [0.05, 0.1) is 24.6 Å². The van der Waals surface area contributed by atoms with Crippen molar-refractivity contribution in [1.29, 1.82) is 0 Å². The van der Waals surface area contributed by atoms with E-state index in [9.17, 15) is 9.59 Å². The summed E-state index contributed by atoms with van der Waals surface area (Å²) in [6, 6.07) is 12.7. The van der Waals surface area contributed by atoms with Crippen molar-refractivity contribution < 1.29 is 9.53 Å². The summed E-state index contributed by atoms with van der Waals surface area (Å²) in [5, 5.41) is 11.5. The second-order valence-corrected chi connectivity index (χ2v) is 7.24. The van der Waals surface area contributed by atoms with Gasteiger partial charge >= 0.3 is 0 Å². The standard InChI is InChI=1S/C19H17BrN4O3/c20-12-5-6-17-14(11-12)15(8-10-27-17)21-18(25)7-9-24-19(26)13-3-1-2-4-16(13)22-23-24/h1-6,11,15H,7-10H2,(H,21,25). The van der Waals surface area contributed by atoms with Gasteiger partial charge in [0.25, 0.3) is 5.56 Å². The van der Waals surface area contributed by atoms with Gasteiger partial charge in [0.2, 0.25) is 5.91 Å². The van der Waals surface area contributed by atoms with E-state index in [1.165, 1.54) is 4.68 Å². The minimum Gasteiger partial charge on any atom is -0.493 e. The number of ether oxygens (including phenoxy) is 1. The van der Waals surface area contributed by atoms with E-state index in [4.69, 9.17) is 4.74 Å². The Labute approximate surface area is 163 Å². The quantitative estimate of drug-likeness (QED) is 0.689. The Balaban J connectivity index is 1.45. The molecule has 0 radical (unpaired) electrons. The number of fused-ring (bicyclic) bond motifs is 2. The third-order valence-electron chi connectivity index (χ3n) is 4.53. The maximum Gasteiger partial charge on any atom is 0.277 e. The second kappa shape index (κ2) is 7.48. The number of rotatable bonds is 4. The van der Waals surface area contributed by atoms with E-state index in [2.05, 4.69) is 31.6 Å². The summed E-state index contributed by atoms with van der Waals surface area (Å²) in [6.07, 6.45) is 0.846. The second-order valence-electron chi connectivity index (χ2n) is 6.32. The van der Waals surface area contributed by atoms with E-state index in [-0.39, 0.29) is 30.5 Å². The van der Waals surface area contributed by atoms with E-state index in [0.717, 1.165) is 15.8 Å². The highest BCUT2D eigenvalue weighted by Gasteiger charge is 2.23. The molecule has 2 aromatic carbocycles. The van der Waals surface area contributed by atoms with Gasteiger partial charge in [0.1, 0.15) is 11.3 Å². The number of aryl methyl sites for hydroxylation is 1. The van der Waals surface area contributed by atoms with Crippen molar-refractivity contribution >= 4 is 32.7 Å². The molecule has 0 aliphatic carbocycles. The highest BCUT2D eigenvalue weighted by Crippen LogP contribution is 2.34. The SMILES string of the molecule is O=C(CCn1nnc2ccccc2c1=O)NC1CCOc2ccc(Br)cc21. The third-order valence-corrected chi connectivity index (χ3v) is 5.02. The molecule has 0 spiro atoms. The lowest BCUT2D eigenvalue weighted by molar-refractivity contribution is -0.122. The van der Waals surface area contributed by atoms with Crippen LogP contribution >= 0.6 is 15.9 Å². The molecular weight excluding hydrogens is 412 g/mol. The summed E-state index contributed by atoms with van der Waals surface area (Å²) in [4.78, 5) is 24.9. The van der Waals surface area contributed by atoms with Crippen LogP contribution < -0.4 is 15.6 Å². The van der Waals surface area contributed by atoms with E-state index in [0.29, 0.717) is 23.9 Å². The predicted octanol–water partition coefficient (Wildman–Crippen LogP) is 2.58. The Morgan fingerprint density at radius 2 is 2.15 bits per heavy atom. The molecular formula is C19H17BrN4O3. The summed E-state index contributed by atoms with van der Waals surface area (Å²) in [5.74, 6) is 0.640. The van der Waals surface area contributed by atoms with Crippen LogP contribution in [-0.4, -0.2) is 27.5 Å². The molecule has 27 heavy (non-hydrogen) atoms. The molecule has 8 heteroatoms. The molecule has 138 valence electrons. The van der Waals surface area contributed by atoms with Crippen LogP contribution in [0.25, 0.3) is 10.9 Å². The lowest BCUT2D eigenvalue weighted by atomic mass is 10.0. The number of benzene rings is 2. The van der Waals surface area contributed by atoms with Crippen LogP contribution in [0.15, 0.2) is 51.7 Å². The van der Waals surface area contributed by atoms with Crippen LogP contribution in [0, 0.1) is 0 Å². The number of hydrogen-bond donors (Lipinski definition) is 1. The van der Waals surface area contributed by atoms with Crippen molar-refractivity contribution in [2.75, 3.05) is 6.61 Å². The van der Waals surface area contributed by atoms with Gasteiger partial charge in [-0.15, -0.1) is 5.10 Å². The van der Waals surface area contributed by atoms with Gasteiger partial charge in [-0.05, 0) is 30.3 Å². The summed E-state index contributed by atoms with van der Waals surface area (Å²) in [5.41, 5.74) is 1.26. The number of carbonyl (C=O) groups excluding carboxylic acids is 1. The number of nitrogens with one attached hydrogen (secondary N) is 1. The van der Waals surface area contributed by atoms with E-state index >= 15 is 0 Å². The van der Waals surface area contributed by atoms with Crippen molar-refractivity contribution in [1.82, 2.24) is 20.3 Å². The molecule has 0 bridgehead atoms. The average molecular weight is 429 g/mol. The van der Waals surface area contributed by atoms with Crippen LogP contribution in [-0.2, 0) is 11.3 Å². The molecule has 1 amide bonds. The van der Waals surface area contributed by atoms with Crippen LogP contribution in [0.4, 0.5) is 0 Å². The minimum absolute atomic E-state index is 0.113. The zero-order valence-corrected chi connectivity index (χ0v) is 16.0. The van der Waals surface area contributed by atoms with Gasteiger partial charge in [0, 0.05) is 22.9 Å². The molecule has 2 heterocycles. The number of hydrogen-bond acceptors (Lipinski definition) is 5. The summed E-state index contributed by atoms with van der Waals surface area (Å²) < 4.78 is 7.81. The number of halogens is 1. The maximum absolute atomic E-state index is 12.4. The fourth-order valence-corrected chi connectivity index (χ4v) is 3.54. The lowest BCUT2D eigenvalue weighted by Crippen LogP contribution is -2.34. The normalized spacial score (nSPS) is 15.8. The number of aromatic nitrogens is 3. The number of carbonyl (C=O) groups is 1. The van der Waals surface area contributed by atoms with Gasteiger partial charge < -0.3 is 10.1 Å². The Morgan fingerprint density at radius 3 is 3.04 bits per heavy atom. The first-order valence-electron chi connectivity index (χ1n) is 8.66. The molecule has 4 rings (SSSR count). The van der Waals surface area contributed by atoms with E-state index in [1.807, 2.05) is 18.2 Å². The Morgan fingerprint density at radius 1 is 1.30 bits per heavy atom. The first-order valence-corrected chi connectivity index (χ1v) is 9.45. The monoisotopic (exact) mass is 428 g/mol. The van der Waals surface area contributed by atoms with Crippen LogP contribution in [0.1, 0.15) is 24.4 Å². The largest absolute Gasteiger partial charge is 0.493 e. The molecule has 1 unspecified atom stereocenters. The Hall–Kier alpha value is -2.74. The van der Waals surface area contributed by atoms with Gasteiger partial charge in [0.15, 0.2) is 0 Å². The van der Waals surface area contributed by atoms with Crippen LogP contribution in [0.3, 0.4) is 0 Å². The average Bonchev–Trinajstić information content (AvgIpc) is 2.68. The molecule has 0 saturated carbocycles. The lowest BCUT2D eigenvalue weighted by Gasteiger charge is -2.27. The highest BCUT2D eigenvalue weighted by molar-refractivity contribution is 9.10. The molecule has 3 aromatic rings. The fourth-order valence-electron chi connectivity index (χ4n) is 3.16. The van der Waals surface area contributed by atoms with E-state index in [1.54, 1.807) is 24.3 Å². The third kappa shape index (κ3) is 3.71. The molecule has 1 atom stereocenters. The number of nitrogens with zero attached hydrogens (tertiary/aromatic N) is 3. The maximum atomic E-state index is 12.4. The number of amides is 1. The molecule has 1 aliphatic heterocycles. The molecule has 0 fully saturated rings. The zero-order valence-electron chi connectivity index (χ0n) is 14.4. The predicted molar refractivity (Wildman–Crippen MR) is 104 cm³/mol. The van der Waals surface area contributed by atoms with Crippen molar-refractivity contribution in [2.24, 2.45) is 0 Å². The summed E-state index contributed by atoms with van der Waals surface area (Å²) in [6.45, 7) is 0.728. The molecule has 1 aromatic heterocycles. The zero-order chi connectivity index (χ0) is 18.8. The first-order chi connectivity index (χ1) is 13.1. The van der Waals surface area contributed by atoms with Crippen LogP contribution in [0.5, 0.6) is 5.75 Å². The molecule has 7 nitrogen and oxygen atoms in total. The van der Waals surface area contributed by atoms with Gasteiger partial charge in [-0.3, -0.25) is 9.59 Å². The molecule has 1 aliphatic rings. The van der Waals surface area contributed by atoms with Crippen molar-refractivity contribution in [2.45, 2.75) is 25.4 Å². The van der Waals surface area contributed by atoms with Crippen molar-refractivity contribution in [3.63, 3.8) is 0 Å². The molecule has 0 saturated heterocycles. The van der Waals surface area contributed by atoms with Gasteiger partial charge in [-0.1, -0.05) is 33.3 Å². The Bertz CT molecular complexity index is 1070. The smallest absolute Gasteiger partial charge is 0.277 e. The van der Waals surface area contributed by atoms with Crippen LogP contribution in [0.2, 0.25) is 0 Å². The van der Waals surface area contributed by atoms with Gasteiger partial charge in [-0.25, -0.2) is 4.68 Å². The summed E-state index contributed by atoms with van der Waals surface area (Å²) in [7, 11) is 0. The topological polar surface area (TPSA) is 86.1 Å². The Kier molecular flexibility index (Phi) is 4.89. The molecule has 1 N–H and O–H groups in total. The van der Waals surface area contributed by atoms with Crippen molar-refractivity contribution in [3.8, 4) is 5.75 Å². The van der Waals surface area contributed by atoms with E-state index < -0.39 is 0 Å². The highest BCUT2D eigenvalue weighted by atomic mass is 79.9. The fraction of sp³-hybridized carbons (Fsp3) is 0.263. The minimum atomic E-state index is -0.242. The van der Waals surface area contributed by atoms with Crippen molar-refractivity contribution in [3.05, 3.63) is 62.9 Å². The van der Waals surface area contributed by atoms with Gasteiger partial charge in [-0.2, -0.15) is 0 Å². The summed E-state index contributed by atoms with van der Waals surface area (Å²) >= 11 is 3.45.